The highest BCUT2D eigenvalue weighted by Gasteiger charge is 2.21. The second kappa shape index (κ2) is 3.87. The van der Waals surface area contributed by atoms with Gasteiger partial charge in [0, 0.05) is 30.8 Å². The second-order valence-corrected chi connectivity index (χ2v) is 4.50. The number of H-pyrrole nitrogens is 1. The molecule has 2 heterocycles. The summed E-state index contributed by atoms with van der Waals surface area (Å²) in [6.45, 7) is 0. The van der Waals surface area contributed by atoms with Gasteiger partial charge in [0.05, 0.1) is 5.69 Å². The fraction of sp³-hybridized carbons (Fsp3) is 0.231. The van der Waals surface area contributed by atoms with E-state index in [0.29, 0.717) is 12.2 Å². The molecule has 3 N–H and O–H groups in total. The number of aromatic amines is 1. The summed E-state index contributed by atoms with van der Waals surface area (Å²) in [5.41, 5.74) is 9.62. The van der Waals surface area contributed by atoms with Gasteiger partial charge in [-0.25, -0.2) is 0 Å². The number of nitrogens with zero attached hydrogens (tertiary/aromatic N) is 2. The summed E-state index contributed by atoms with van der Waals surface area (Å²) in [6, 6.07) is 7.87. The number of aryl methyl sites for hydroxylation is 1. The first-order valence-electron chi connectivity index (χ1n) is 5.86. The highest BCUT2D eigenvalue weighted by atomic mass is 16.2. The van der Waals surface area contributed by atoms with Crippen LogP contribution in [0.25, 0.3) is 11.3 Å². The highest BCUT2D eigenvalue weighted by Crippen LogP contribution is 2.31. The smallest absolute Gasteiger partial charge is 0.227 e. The van der Waals surface area contributed by atoms with Gasteiger partial charge in [-0.3, -0.25) is 9.89 Å². The maximum Gasteiger partial charge on any atom is 0.227 e. The van der Waals surface area contributed by atoms with Gasteiger partial charge in [-0.15, -0.1) is 0 Å². The third-order valence-corrected chi connectivity index (χ3v) is 3.34. The van der Waals surface area contributed by atoms with Crippen LogP contribution in [0.4, 0.5) is 11.5 Å². The Morgan fingerprint density at radius 1 is 1.33 bits per heavy atom. The molecule has 1 aliphatic heterocycles. The Kier molecular flexibility index (Phi) is 2.33. The number of aromatic nitrogens is 2. The molecule has 0 radical (unpaired) electrons. The van der Waals surface area contributed by atoms with Crippen molar-refractivity contribution >= 4 is 17.4 Å². The molecular weight excluding hydrogens is 228 g/mol. The molecule has 0 bridgehead atoms. The zero-order valence-corrected chi connectivity index (χ0v) is 10.1. The molecule has 5 nitrogen and oxygen atoms in total. The van der Waals surface area contributed by atoms with Crippen LogP contribution < -0.4 is 10.6 Å². The van der Waals surface area contributed by atoms with Gasteiger partial charge in [0.1, 0.15) is 5.82 Å². The average molecular weight is 242 g/mol. The van der Waals surface area contributed by atoms with Crippen LogP contribution in [0.3, 0.4) is 0 Å². The van der Waals surface area contributed by atoms with Crippen LogP contribution >= 0.6 is 0 Å². The molecule has 1 amide bonds. The predicted molar refractivity (Wildman–Crippen MR) is 70.2 cm³/mol. The van der Waals surface area contributed by atoms with E-state index in [9.17, 15) is 4.79 Å². The fourth-order valence-electron chi connectivity index (χ4n) is 2.28. The first-order chi connectivity index (χ1) is 8.65. The van der Waals surface area contributed by atoms with Crippen LogP contribution in [0.15, 0.2) is 24.3 Å². The fourth-order valence-corrected chi connectivity index (χ4v) is 2.28. The molecule has 0 fully saturated rings. The van der Waals surface area contributed by atoms with Crippen molar-refractivity contribution in [3.05, 3.63) is 29.8 Å². The number of nitrogen functional groups attached to an aromatic ring is 1. The third-order valence-electron chi connectivity index (χ3n) is 3.34. The van der Waals surface area contributed by atoms with Gasteiger partial charge in [-0.05, 0) is 18.1 Å². The molecule has 1 aliphatic rings. The van der Waals surface area contributed by atoms with E-state index in [0.717, 1.165) is 23.4 Å². The third kappa shape index (κ3) is 1.64. The summed E-state index contributed by atoms with van der Waals surface area (Å²) in [4.78, 5) is 13.4. The molecule has 0 spiro atoms. The van der Waals surface area contributed by atoms with Crippen molar-refractivity contribution in [1.29, 1.82) is 0 Å². The molecule has 0 unspecified atom stereocenters. The molecule has 0 aliphatic carbocycles. The van der Waals surface area contributed by atoms with Crippen molar-refractivity contribution in [2.75, 3.05) is 17.7 Å². The van der Waals surface area contributed by atoms with Crippen molar-refractivity contribution in [3.8, 4) is 11.3 Å². The Morgan fingerprint density at radius 3 is 2.89 bits per heavy atom. The number of carbonyl (C=O) groups is 1. The second-order valence-electron chi connectivity index (χ2n) is 4.50. The first-order valence-corrected chi connectivity index (χ1v) is 5.86. The Balaban J connectivity index is 2.07. The van der Waals surface area contributed by atoms with E-state index in [-0.39, 0.29) is 5.91 Å². The van der Waals surface area contributed by atoms with Gasteiger partial charge in [-0.2, -0.15) is 5.10 Å². The normalized spacial score (nSPS) is 14.7. The average Bonchev–Trinajstić information content (AvgIpc) is 2.80. The summed E-state index contributed by atoms with van der Waals surface area (Å²) in [5.74, 6) is 0.621. The Labute approximate surface area is 105 Å². The minimum Gasteiger partial charge on any atom is -0.382 e. The van der Waals surface area contributed by atoms with E-state index in [2.05, 4.69) is 16.3 Å². The molecule has 1 aromatic carbocycles. The minimum absolute atomic E-state index is 0.156. The first kappa shape index (κ1) is 10.8. The summed E-state index contributed by atoms with van der Waals surface area (Å²) in [5, 5.41) is 6.79. The molecule has 0 saturated heterocycles. The maximum absolute atomic E-state index is 11.7. The van der Waals surface area contributed by atoms with E-state index in [1.54, 1.807) is 11.0 Å². The summed E-state index contributed by atoms with van der Waals surface area (Å²) in [7, 11) is 1.81. The highest BCUT2D eigenvalue weighted by molar-refractivity contribution is 5.96. The Hall–Kier alpha value is -2.30. The lowest BCUT2D eigenvalue weighted by molar-refractivity contribution is -0.118. The van der Waals surface area contributed by atoms with Gasteiger partial charge in [0.25, 0.3) is 0 Å². The number of hydrogen-bond acceptors (Lipinski definition) is 3. The lowest BCUT2D eigenvalue weighted by Crippen LogP contribution is -2.31. The molecular formula is C13H14N4O. The molecule has 92 valence electrons. The van der Waals surface area contributed by atoms with Crippen molar-refractivity contribution < 1.29 is 4.79 Å². The topological polar surface area (TPSA) is 75.0 Å². The number of nitrogens with one attached hydrogen (secondary N) is 1. The van der Waals surface area contributed by atoms with Crippen molar-refractivity contribution in [2.45, 2.75) is 12.8 Å². The van der Waals surface area contributed by atoms with Crippen LogP contribution in [0, 0.1) is 0 Å². The van der Waals surface area contributed by atoms with E-state index in [1.165, 1.54) is 5.56 Å². The van der Waals surface area contributed by atoms with Crippen LogP contribution in [0.1, 0.15) is 12.0 Å². The van der Waals surface area contributed by atoms with E-state index in [4.69, 9.17) is 5.73 Å². The number of nitrogens with two attached hydrogens (primary N) is 1. The van der Waals surface area contributed by atoms with Gasteiger partial charge >= 0.3 is 0 Å². The molecule has 2 aromatic rings. The van der Waals surface area contributed by atoms with Crippen LogP contribution in [-0.4, -0.2) is 23.2 Å². The molecule has 18 heavy (non-hydrogen) atoms. The standard InChI is InChI=1S/C13H14N4O/c1-17-11-6-9(10-7-12(14)16-15-10)3-2-8(11)4-5-13(17)18/h2-3,6-7H,4-5H2,1H3,(H3,14,15,16). The minimum atomic E-state index is 0.156. The van der Waals surface area contributed by atoms with Crippen molar-refractivity contribution in [2.24, 2.45) is 0 Å². The van der Waals surface area contributed by atoms with Crippen LogP contribution in [-0.2, 0) is 11.2 Å². The van der Waals surface area contributed by atoms with Crippen LogP contribution in [0.2, 0.25) is 0 Å². The Bertz CT molecular complexity index is 617. The van der Waals surface area contributed by atoms with Crippen molar-refractivity contribution in [3.63, 3.8) is 0 Å². The lowest BCUT2D eigenvalue weighted by atomic mass is 9.98. The molecule has 0 saturated carbocycles. The number of fused-ring (bicyclic) bond motifs is 1. The largest absolute Gasteiger partial charge is 0.382 e. The predicted octanol–water partition coefficient (Wildman–Crippen LogP) is 1.57. The van der Waals surface area contributed by atoms with Gasteiger partial charge in [-0.1, -0.05) is 12.1 Å². The number of anilines is 2. The molecule has 0 atom stereocenters. The summed E-state index contributed by atoms with van der Waals surface area (Å²) < 4.78 is 0. The zero-order valence-electron chi connectivity index (χ0n) is 10.1. The van der Waals surface area contributed by atoms with Crippen LogP contribution in [0.5, 0.6) is 0 Å². The molecule has 3 rings (SSSR count). The molecule has 1 aromatic heterocycles. The summed E-state index contributed by atoms with van der Waals surface area (Å²) >= 11 is 0. The Morgan fingerprint density at radius 2 is 2.17 bits per heavy atom. The number of hydrogen-bond donors (Lipinski definition) is 2. The summed E-state index contributed by atoms with van der Waals surface area (Å²) in [6.07, 6.45) is 1.39. The van der Waals surface area contributed by atoms with E-state index in [1.807, 2.05) is 19.2 Å². The van der Waals surface area contributed by atoms with Gasteiger partial charge in [0.15, 0.2) is 0 Å². The number of carbonyl (C=O) groups excluding carboxylic acids is 1. The maximum atomic E-state index is 11.7. The lowest BCUT2D eigenvalue weighted by Gasteiger charge is -2.26. The van der Waals surface area contributed by atoms with Crippen molar-refractivity contribution in [1.82, 2.24) is 10.2 Å². The number of benzene rings is 1. The van der Waals surface area contributed by atoms with E-state index < -0.39 is 0 Å². The number of rotatable bonds is 1. The monoisotopic (exact) mass is 242 g/mol. The van der Waals surface area contributed by atoms with E-state index >= 15 is 0 Å². The zero-order chi connectivity index (χ0) is 12.7. The number of amides is 1. The SMILES string of the molecule is CN1C(=O)CCc2ccc(-c3cc(N)n[nH]3)cc21. The van der Waals surface area contributed by atoms with Gasteiger partial charge in [0.2, 0.25) is 5.91 Å². The van der Waals surface area contributed by atoms with Gasteiger partial charge < -0.3 is 10.6 Å². The molecule has 5 heteroatoms. The quantitative estimate of drug-likeness (QED) is 0.797.